The van der Waals surface area contributed by atoms with Crippen molar-refractivity contribution in [3.8, 4) is 5.75 Å². The topological polar surface area (TPSA) is 42.7 Å². The van der Waals surface area contributed by atoms with Crippen LogP contribution in [0.2, 0.25) is 0 Å². The molecule has 0 atom stereocenters. The van der Waals surface area contributed by atoms with Crippen LogP contribution in [0.4, 0.5) is 10.1 Å². The molecule has 0 saturated carbocycles. The Balaban J connectivity index is 1.71. The highest BCUT2D eigenvalue weighted by molar-refractivity contribution is 6.09. The lowest BCUT2D eigenvalue weighted by Crippen LogP contribution is -2.34. The van der Waals surface area contributed by atoms with Crippen LogP contribution in [0.5, 0.6) is 5.75 Å². The number of benzene rings is 2. The number of fused-ring (bicyclic) bond motifs is 1. The Morgan fingerprint density at radius 1 is 1.04 bits per heavy atom. The molecule has 2 aromatic carbocycles. The van der Waals surface area contributed by atoms with E-state index < -0.39 is 5.82 Å². The zero-order valence-electron chi connectivity index (χ0n) is 13.9. The highest BCUT2D eigenvalue weighted by Gasteiger charge is 2.26. The third-order valence-corrected chi connectivity index (χ3v) is 4.19. The average Bonchev–Trinajstić information content (AvgIpc) is 3.19. The normalized spacial score (nSPS) is 12.7. The Labute approximate surface area is 150 Å². The van der Waals surface area contributed by atoms with Crippen molar-refractivity contribution in [2.24, 2.45) is 0 Å². The molecule has 0 N–H and O–H groups in total. The van der Waals surface area contributed by atoms with Crippen LogP contribution in [-0.2, 0) is 11.3 Å². The molecule has 0 spiro atoms. The van der Waals surface area contributed by atoms with Gasteiger partial charge in [-0.25, -0.2) is 4.39 Å². The van der Waals surface area contributed by atoms with Crippen molar-refractivity contribution in [2.45, 2.75) is 6.54 Å². The number of furan rings is 1. The molecule has 130 valence electrons. The van der Waals surface area contributed by atoms with Crippen molar-refractivity contribution in [3.05, 3.63) is 89.6 Å². The van der Waals surface area contributed by atoms with Gasteiger partial charge < -0.3 is 9.15 Å². The first-order valence-corrected chi connectivity index (χ1v) is 8.23. The van der Waals surface area contributed by atoms with Crippen molar-refractivity contribution in [1.29, 1.82) is 0 Å². The minimum atomic E-state index is -0.467. The Morgan fingerprint density at radius 2 is 1.85 bits per heavy atom. The first-order chi connectivity index (χ1) is 12.7. The van der Waals surface area contributed by atoms with Crippen LogP contribution in [-0.4, -0.2) is 12.5 Å². The van der Waals surface area contributed by atoms with Gasteiger partial charge in [0.2, 0.25) is 0 Å². The van der Waals surface area contributed by atoms with Crippen LogP contribution in [0, 0.1) is 5.82 Å². The lowest BCUT2D eigenvalue weighted by molar-refractivity contribution is -0.115. The monoisotopic (exact) mass is 349 g/mol. The summed E-state index contributed by atoms with van der Waals surface area (Å²) in [6.07, 6.45) is 3.32. The highest BCUT2D eigenvalue weighted by atomic mass is 19.1. The van der Waals surface area contributed by atoms with E-state index in [-0.39, 0.29) is 24.7 Å². The quantitative estimate of drug-likeness (QED) is 0.700. The molecule has 0 radical (unpaired) electrons. The maximum atomic E-state index is 14.4. The molecule has 26 heavy (non-hydrogen) atoms. The summed E-state index contributed by atoms with van der Waals surface area (Å²) in [7, 11) is 0. The lowest BCUT2D eigenvalue weighted by Gasteiger charge is -2.25. The van der Waals surface area contributed by atoms with Gasteiger partial charge in [-0.15, -0.1) is 0 Å². The largest absolute Gasteiger partial charge is 0.488 e. The van der Waals surface area contributed by atoms with E-state index >= 15 is 0 Å². The van der Waals surface area contributed by atoms with Gasteiger partial charge in [-0.1, -0.05) is 30.3 Å². The van der Waals surface area contributed by atoms with Crippen molar-refractivity contribution >= 4 is 17.7 Å². The smallest absolute Gasteiger partial charge is 0.258 e. The van der Waals surface area contributed by atoms with Crippen molar-refractivity contribution in [3.63, 3.8) is 0 Å². The third-order valence-electron chi connectivity index (χ3n) is 4.19. The summed E-state index contributed by atoms with van der Waals surface area (Å²) in [5.74, 6) is 0.512. The summed E-state index contributed by atoms with van der Waals surface area (Å²) in [4.78, 5) is 14.5. The predicted octanol–water partition coefficient (Wildman–Crippen LogP) is 4.43. The van der Waals surface area contributed by atoms with Crippen LogP contribution in [0.3, 0.4) is 0 Å². The van der Waals surface area contributed by atoms with Gasteiger partial charge in [0.1, 0.15) is 23.9 Å². The second-order valence-corrected chi connectivity index (χ2v) is 5.92. The van der Waals surface area contributed by atoms with Crippen LogP contribution >= 0.6 is 0 Å². The summed E-state index contributed by atoms with van der Waals surface area (Å²) < 4.78 is 25.4. The number of amides is 1. The van der Waals surface area contributed by atoms with Gasteiger partial charge in [-0.05, 0) is 36.4 Å². The second-order valence-electron chi connectivity index (χ2n) is 5.92. The molecule has 5 heteroatoms. The van der Waals surface area contributed by atoms with Crippen LogP contribution in [0.25, 0.3) is 6.08 Å². The molecule has 1 aromatic heterocycles. The number of hydrogen-bond acceptors (Lipinski definition) is 3. The van der Waals surface area contributed by atoms with Crippen LogP contribution in [0.15, 0.2) is 76.9 Å². The van der Waals surface area contributed by atoms with Gasteiger partial charge in [0, 0.05) is 5.56 Å². The SMILES string of the molecule is O=C(C1=Cc2ccccc2OC1)N(Cc1ccco1)c1ccccc1F. The van der Waals surface area contributed by atoms with E-state index in [1.54, 1.807) is 36.4 Å². The summed E-state index contributed by atoms with van der Waals surface area (Å²) >= 11 is 0. The minimum absolute atomic E-state index is 0.131. The fraction of sp³-hybridized carbons (Fsp3) is 0.0952. The molecular weight excluding hydrogens is 333 g/mol. The molecule has 3 aromatic rings. The molecule has 4 nitrogen and oxygen atoms in total. The Kier molecular flexibility index (Phi) is 4.27. The molecule has 0 bridgehead atoms. The van der Waals surface area contributed by atoms with Crippen molar-refractivity contribution in [2.75, 3.05) is 11.5 Å². The van der Waals surface area contributed by atoms with Crippen molar-refractivity contribution in [1.82, 2.24) is 0 Å². The molecule has 0 unspecified atom stereocenters. The van der Waals surface area contributed by atoms with Gasteiger partial charge in [-0.3, -0.25) is 9.69 Å². The Hall–Kier alpha value is -3.34. The fourth-order valence-electron chi connectivity index (χ4n) is 2.91. The molecule has 4 rings (SSSR count). The van der Waals surface area contributed by atoms with E-state index in [4.69, 9.17) is 9.15 Å². The van der Waals surface area contributed by atoms with E-state index in [0.717, 1.165) is 11.3 Å². The lowest BCUT2D eigenvalue weighted by atomic mass is 10.1. The van der Waals surface area contributed by atoms with Gasteiger partial charge in [0.05, 0.1) is 24.1 Å². The maximum absolute atomic E-state index is 14.4. The summed E-state index contributed by atoms with van der Waals surface area (Å²) in [5, 5.41) is 0. The molecule has 1 aliphatic rings. The summed E-state index contributed by atoms with van der Waals surface area (Å²) in [6, 6.07) is 17.2. The van der Waals surface area contributed by atoms with Gasteiger partial charge >= 0.3 is 0 Å². The number of halogens is 1. The molecule has 2 heterocycles. The number of carbonyl (C=O) groups is 1. The zero-order chi connectivity index (χ0) is 17.9. The predicted molar refractivity (Wildman–Crippen MR) is 96.2 cm³/mol. The minimum Gasteiger partial charge on any atom is -0.488 e. The first-order valence-electron chi connectivity index (χ1n) is 8.23. The van der Waals surface area contributed by atoms with Gasteiger partial charge in [0.15, 0.2) is 0 Å². The van der Waals surface area contributed by atoms with Crippen LogP contribution in [0.1, 0.15) is 11.3 Å². The Morgan fingerprint density at radius 3 is 2.65 bits per heavy atom. The third kappa shape index (κ3) is 3.11. The molecule has 1 aliphatic heterocycles. The fourth-order valence-corrected chi connectivity index (χ4v) is 2.91. The second kappa shape index (κ2) is 6.88. The van der Waals surface area contributed by atoms with Gasteiger partial charge in [0.25, 0.3) is 5.91 Å². The number of rotatable bonds is 4. The van der Waals surface area contributed by atoms with E-state index in [1.165, 1.54) is 17.2 Å². The zero-order valence-corrected chi connectivity index (χ0v) is 13.9. The summed E-state index contributed by atoms with van der Waals surface area (Å²) in [6.45, 7) is 0.269. The Bertz CT molecular complexity index is 963. The number of anilines is 1. The van der Waals surface area contributed by atoms with E-state index in [1.807, 2.05) is 24.3 Å². The number of para-hydroxylation sites is 2. The highest BCUT2D eigenvalue weighted by Crippen LogP contribution is 2.29. The van der Waals surface area contributed by atoms with E-state index in [2.05, 4.69) is 0 Å². The molecular formula is C21H16FNO3. The summed E-state index contributed by atoms with van der Waals surface area (Å²) in [5.41, 5.74) is 1.49. The van der Waals surface area contributed by atoms with E-state index in [9.17, 15) is 9.18 Å². The van der Waals surface area contributed by atoms with E-state index in [0.29, 0.717) is 11.3 Å². The molecule has 0 aliphatic carbocycles. The average molecular weight is 349 g/mol. The number of carbonyl (C=O) groups excluding carboxylic acids is 1. The number of nitrogens with zero attached hydrogens (tertiary/aromatic N) is 1. The standard InChI is InChI=1S/C21H16FNO3/c22-18-8-2-3-9-19(18)23(13-17-7-5-11-25-17)21(24)16-12-15-6-1-4-10-20(15)26-14-16/h1-12H,13-14H2. The molecule has 0 fully saturated rings. The number of hydrogen-bond donors (Lipinski definition) is 0. The first kappa shape index (κ1) is 16.1. The number of ether oxygens (including phenoxy) is 1. The van der Waals surface area contributed by atoms with Gasteiger partial charge in [-0.2, -0.15) is 0 Å². The molecule has 1 amide bonds. The maximum Gasteiger partial charge on any atom is 0.258 e. The van der Waals surface area contributed by atoms with Crippen molar-refractivity contribution < 1.29 is 18.3 Å². The van der Waals surface area contributed by atoms with Crippen LogP contribution < -0.4 is 9.64 Å². The molecule has 0 saturated heterocycles.